The van der Waals surface area contributed by atoms with Gasteiger partial charge in [0.25, 0.3) is 5.91 Å². The second-order valence-electron chi connectivity index (χ2n) is 6.18. The van der Waals surface area contributed by atoms with Crippen molar-refractivity contribution >= 4 is 38.6 Å². The van der Waals surface area contributed by atoms with E-state index in [1.807, 2.05) is 62.4 Å². The van der Waals surface area contributed by atoms with Crippen LogP contribution in [0.2, 0.25) is 0 Å². The van der Waals surface area contributed by atoms with Crippen LogP contribution in [0.4, 0.5) is 5.82 Å². The average Bonchev–Trinajstić information content (AvgIpc) is 3.04. The number of benzene rings is 2. The second-order valence-corrected chi connectivity index (χ2v) is 7.04. The Morgan fingerprint density at radius 1 is 1.04 bits per heavy atom. The molecule has 0 radical (unpaired) electrons. The summed E-state index contributed by atoms with van der Waals surface area (Å²) in [6.07, 6.45) is 0. The minimum absolute atomic E-state index is 0.271. The van der Waals surface area contributed by atoms with Gasteiger partial charge in [-0.1, -0.05) is 35.5 Å². The molecular weight excluding hydrogens is 406 g/mol. The Bertz CT molecular complexity index is 1170. The fraction of sp³-hybridized carbons (Fsp3) is 0.100. The molecule has 134 valence electrons. The van der Waals surface area contributed by atoms with E-state index >= 15 is 0 Å². The number of para-hydroxylation sites is 2. The van der Waals surface area contributed by atoms with Crippen LogP contribution >= 0.6 is 15.9 Å². The van der Waals surface area contributed by atoms with Crippen molar-refractivity contribution in [3.05, 3.63) is 76.0 Å². The van der Waals surface area contributed by atoms with Crippen molar-refractivity contribution in [1.29, 1.82) is 0 Å². The van der Waals surface area contributed by atoms with E-state index in [9.17, 15) is 4.79 Å². The molecule has 0 spiro atoms. The van der Waals surface area contributed by atoms with Crippen molar-refractivity contribution in [2.75, 3.05) is 5.32 Å². The van der Waals surface area contributed by atoms with Crippen LogP contribution in [-0.2, 0) is 0 Å². The first-order valence-corrected chi connectivity index (χ1v) is 9.19. The molecule has 1 amide bonds. The van der Waals surface area contributed by atoms with Gasteiger partial charge in [-0.15, -0.1) is 5.10 Å². The molecule has 0 fully saturated rings. The average molecular weight is 422 g/mol. The molecule has 2 aromatic carbocycles. The fourth-order valence-corrected chi connectivity index (χ4v) is 3.40. The predicted molar refractivity (Wildman–Crippen MR) is 108 cm³/mol. The lowest BCUT2D eigenvalue weighted by Crippen LogP contribution is -2.15. The van der Waals surface area contributed by atoms with E-state index in [0.29, 0.717) is 11.5 Å². The van der Waals surface area contributed by atoms with Crippen LogP contribution in [0.15, 0.2) is 59.1 Å². The van der Waals surface area contributed by atoms with Gasteiger partial charge in [-0.3, -0.25) is 4.79 Å². The van der Waals surface area contributed by atoms with Gasteiger partial charge < -0.3 is 5.32 Å². The number of fused-ring (bicyclic) bond motifs is 1. The SMILES string of the molecule is Cc1ccccc1-n1nnc(C(=O)Nc2ccc3cccc(Br)c3n2)c1C. The number of aromatic nitrogens is 4. The summed E-state index contributed by atoms with van der Waals surface area (Å²) in [5, 5.41) is 12.0. The quantitative estimate of drug-likeness (QED) is 0.530. The highest BCUT2D eigenvalue weighted by atomic mass is 79.9. The monoisotopic (exact) mass is 421 g/mol. The molecule has 0 saturated heterocycles. The minimum atomic E-state index is -0.341. The van der Waals surface area contributed by atoms with Gasteiger partial charge >= 0.3 is 0 Å². The van der Waals surface area contributed by atoms with Crippen LogP contribution in [0.3, 0.4) is 0 Å². The molecule has 27 heavy (non-hydrogen) atoms. The van der Waals surface area contributed by atoms with Gasteiger partial charge in [-0.25, -0.2) is 9.67 Å². The van der Waals surface area contributed by atoms with Crippen molar-refractivity contribution in [2.24, 2.45) is 0 Å². The standard InChI is InChI=1S/C20H16BrN5O/c1-12-6-3-4-9-16(12)26-13(2)18(24-25-26)20(27)23-17-11-10-14-7-5-8-15(21)19(14)22-17/h3-11H,1-2H3,(H,22,23,27). The Hall–Kier alpha value is -3.06. The number of carbonyl (C=O) groups excluding carboxylic acids is 1. The van der Waals surface area contributed by atoms with Crippen LogP contribution in [-0.4, -0.2) is 25.9 Å². The van der Waals surface area contributed by atoms with Gasteiger partial charge in [0.15, 0.2) is 5.69 Å². The first kappa shape index (κ1) is 17.4. The van der Waals surface area contributed by atoms with Crippen LogP contribution < -0.4 is 5.32 Å². The summed E-state index contributed by atoms with van der Waals surface area (Å²) in [6, 6.07) is 17.3. The Morgan fingerprint density at radius 2 is 1.85 bits per heavy atom. The molecule has 0 aliphatic carbocycles. The molecule has 0 aliphatic heterocycles. The highest BCUT2D eigenvalue weighted by molar-refractivity contribution is 9.10. The van der Waals surface area contributed by atoms with E-state index in [1.54, 1.807) is 10.7 Å². The number of hydrogen-bond acceptors (Lipinski definition) is 4. The molecule has 4 aromatic rings. The van der Waals surface area contributed by atoms with E-state index in [1.165, 1.54) is 0 Å². The van der Waals surface area contributed by atoms with E-state index in [4.69, 9.17) is 0 Å². The highest BCUT2D eigenvalue weighted by Gasteiger charge is 2.18. The molecule has 0 bridgehead atoms. The topological polar surface area (TPSA) is 72.7 Å². The number of amides is 1. The predicted octanol–water partition coefficient (Wildman–Crippen LogP) is 4.45. The summed E-state index contributed by atoms with van der Waals surface area (Å²) in [4.78, 5) is 17.2. The molecule has 0 unspecified atom stereocenters. The second kappa shape index (κ2) is 6.92. The number of hydrogen-bond donors (Lipinski definition) is 1. The summed E-state index contributed by atoms with van der Waals surface area (Å²) in [5.74, 6) is 0.121. The first-order chi connectivity index (χ1) is 13.0. The number of carbonyl (C=O) groups is 1. The third-order valence-corrected chi connectivity index (χ3v) is 5.01. The van der Waals surface area contributed by atoms with Crippen molar-refractivity contribution in [3.8, 4) is 5.69 Å². The number of halogens is 1. The maximum absolute atomic E-state index is 12.7. The van der Waals surface area contributed by atoms with Crippen molar-refractivity contribution in [1.82, 2.24) is 20.0 Å². The Kier molecular flexibility index (Phi) is 4.45. The third-order valence-electron chi connectivity index (χ3n) is 4.37. The lowest BCUT2D eigenvalue weighted by molar-refractivity contribution is 0.102. The van der Waals surface area contributed by atoms with E-state index in [-0.39, 0.29) is 11.6 Å². The Labute approximate surface area is 164 Å². The largest absolute Gasteiger partial charge is 0.305 e. The van der Waals surface area contributed by atoms with Gasteiger partial charge in [-0.2, -0.15) is 0 Å². The minimum Gasteiger partial charge on any atom is -0.305 e. The van der Waals surface area contributed by atoms with Crippen molar-refractivity contribution in [3.63, 3.8) is 0 Å². The maximum atomic E-state index is 12.7. The molecule has 2 heterocycles. The number of aryl methyl sites for hydroxylation is 1. The van der Waals surface area contributed by atoms with Crippen LogP contribution in [0.5, 0.6) is 0 Å². The molecule has 0 atom stereocenters. The molecule has 7 heteroatoms. The summed E-state index contributed by atoms with van der Waals surface area (Å²) >= 11 is 3.49. The van der Waals surface area contributed by atoms with Gasteiger partial charge in [0.05, 0.1) is 16.9 Å². The van der Waals surface area contributed by atoms with Gasteiger partial charge in [0.1, 0.15) is 5.82 Å². The van der Waals surface area contributed by atoms with Gasteiger partial charge in [-0.05, 0) is 59.6 Å². The third kappa shape index (κ3) is 3.21. The highest BCUT2D eigenvalue weighted by Crippen LogP contribution is 2.24. The Morgan fingerprint density at radius 3 is 2.67 bits per heavy atom. The number of nitrogens with one attached hydrogen (secondary N) is 1. The zero-order chi connectivity index (χ0) is 19.0. The summed E-state index contributed by atoms with van der Waals surface area (Å²) in [7, 11) is 0. The Balaban J connectivity index is 1.65. The molecular formula is C20H16BrN5O. The zero-order valence-electron chi connectivity index (χ0n) is 14.8. The molecule has 6 nitrogen and oxygen atoms in total. The number of anilines is 1. The van der Waals surface area contributed by atoms with Crippen molar-refractivity contribution < 1.29 is 4.79 Å². The lowest BCUT2D eigenvalue weighted by atomic mass is 10.2. The summed E-state index contributed by atoms with van der Waals surface area (Å²) < 4.78 is 2.55. The lowest BCUT2D eigenvalue weighted by Gasteiger charge is -2.08. The maximum Gasteiger partial charge on any atom is 0.279 e. The molecule has 0 saturated carbocycles. The molecule has 2 aromatic heterocycles. The van der Waals surface area contributed by atoms with E-state index in [2.05, 4.69) is 36.5 Å². The van der Waals surface area contributed by atoms with Crippen molar-refractivity contribution in [2.45, 2.75) is 13.8 Å². The normalized spacial score (nSPS) is 10.9. The van der Waals surface area contributed by atoms with Crippen LogP contribution in [0, 0.1) is 13.8 Å². The van der Waals surface area contributed by atoms with Crippen LogP contribution in [0.25, 0.3) is 16.6 Å². The first-order valence-electron chi connectivity index (χ1n) is 8.39. The summed E-state index contributed by atoms with van der Waals surface area (Å²) in [6.45, 7) is 3.82. The van der Waals surface area contributed by atoms with Crippen LogP contribution in [0.1, 0.15) is 21.7 Å². The van der Waals surface area contributed by atoms with Gasteiger partial charge in [0.2, 0.25) is 0 Å². The molecule has 0 aliphatic rings. The number of nitrogens with zero attached hydrogens (tertiary/aromatic N) is 4. The molecule has 4 rings (SSSR count). The van der Waals surface area contributed by atoms with E-state index < -0.39 is 0 Å². The fourth-order valence-electron chi connectivity index (χ4n) is 2.92. The molecule has 1 N–H and O–H groups in total. The summed E-state index contributed by atoms with van der Waals surface area (Å²) in [5.41, 5.74) is 3.68. The number of pyridine rings is 1. The smallest absolute Gasteiger partial charge is 0.279 e. The number of rotatable bonds is 3. The van der Waals surface area contributed by atoms with E-state index in [0.717, 1.165) is 26.6 Å². The zero-order valence-corrected chi connectivity index (χ0v) is 16.4. The van der Waals surface area contributed by atoms with Gasteiger partial charge in [0, 0.05) is 9.86 Å².